The van der Waals surface area contributed by atoms with Crippen molar-refractivity contribution in [2.24, 2.45) is 5.73 Å². The number of hydrogen-bond acceptors (Lipinski definition) is 5. The lowest BCUT2D eigenvalue weighted by molar-refractivity contribution is 0.402. The van der Waals surface area contributed by atoms with Gasteiger partial charge in [0.1, 0.15) is 0 Å². The van der Waals surface area contributed by atoms with E-state index in [0.29, 0.717) is 36.0 Å². The molecule has 2 aromatic rings. The van der Waals surface area contributed by atoms with Crippen LogP contribution in [0.25, 0.3) is 0 Å². The van der Waals surface area contributed by atoms with Crippen molar-refractivity contribution in [1.82, 2.24) is 9.29 Å². The summed E-state index contributed by atoms with van der Waals surface area (Å²) < 4.78 is 27.7. The van der Waals surface area contributed by atoms with Crippen molar-refractivity contribution in [2.45, 2.75) is 31.0 Å². The topological polar surface area (TPSA) is 76.3 Å². The van der Waals surface area contributed by atoms with Gasteiger partial charge in [-0.3, -0.25) is 0 Å². The highest BCUT2D eigenvalue weighted by atomic mass is 32.2. The molecule has 2 N–H and O–H groups in total. The first kappa shape index (κ1) is 17.1. The van der Waals surface area contributed by atoms with Crippen molar-refractivity contribution in [3.05, 3.63) is 46.6 Å². The number of nitrogens with two attached hydrogens (primary N) is 1. The fraction of sp³-hybridized carbons (Fsp3) is 0.400. The molecule has 0 aliphatic heterocycles. The molecule has 120 valence electrons. The fourth-order valence-corrected chi connectivity index (χ4v) is 5.29. The van der Waals surface area contributed by atoms with Gasteiger partial charge in [-0.05, 0) is 32.4 Å². The van der Waals surface area contributed by atoms with E-state index in [1.165, 1.54) is 15.6 Å². The smallest absolute Gasteiger partial charge is 0.254 e. The molecule has 0 atom stereocenters. The highest BCUT2D eigenvalue weighted by Crippen LogP contribution is 2.27. The molecule has 0 saturated carbocycles. The van der Waals surface area contributed by atoms with Gasteiger partial charge in [-0.25, -0.2) is 13.4 Å². The van der Waals surface area contributed by atoms with Crippen molar-refractivity contribution in [3.63, 3.8) is 0 Å². The minimum absolute atomic E-state index is 0.331. The lowest BCUT2D eigenvalue weighted by Crippen LogP contribution is -2.32. The number of aryl methyl sites for hydroxylation is 2. The number of thiazole rings is 1. The van der Waals surface area contributed by atoms with E-state index in [-0.39, 0.29) is 0 Å². The van der Waals surface area contributed by atoms with Crippen LogP contribution in [0.1, 0.15) is 22.7 Å². The van der Waals surface area contributed by atoms with E-state index in [9.17, 15) is 8.42 Å². The summed E-state index contributed by atoms with van der Waals surface area (Å²) in [5.74, 6) is 0. The molecule has 7 heteroatoms. The van der Waals surface area contributed by atoms with E-state index in [4.69, 9.17) is 5.73 Å². The molecule has 2 rings (SSSR count). The zero-order chi connectivity index (χ0) is 16.2. The summed E-state index contributed by atoms with van der Waals surface area (Å²) in [4.78, 5) is 4.24. The summed E-state index contributed by atoms with van der Waals surface area (Å²) >= 11 is 1.22. The molecule has 0 saturated heterocycles. The normalized spacial score (nSPS) is 12.0. The Morgan fingerprint density at radius 3 is 2.45 bits per heavy atom. The molecule has 0 radical (unpaired) electrons. The van der Waals surface area contributed by atoms with Crippen molar-refractivity contribution in [1.29, 1.82) is 0 Å². The number of sulfonamides is 1. The van der Waals surface area contributed by atoms with Crippen molar-refractivity contribution in [3.8, 4) is 0 Å². The maximum absolute atomic E-state index is 12.9. The summed E-state index contributed by atoms with van der Waals surface area (Å²) in [5.41, 5.74) is 7.08. The number of hydrogen-bond donors (Lipinski definition) is 1. The van der Waals surface area contributed by atoms with Crippen LogP contribution in [0.2, 0.25) is 0 Å². The minimum atomic E-state index is -3.55. The molecule has 5 nitrogen and oxygen atoms in total. The summed E-state index contributed by atoms with van der Waals surface area (Å²) in [7, 11) is -3.55. The predicted molar refractivity (Wildman–Crippen MR) is 89.3 cm³/mol. The molecule has 0 fully saturated rings. The molecule has 1 heterocycles. The Labute approximate surface area is 135 Å². The number of benzene rings is 1. The molecular formula is C15H21N3O2S2. The average molecular weight is 339 g/mol. The van der Waals surface area contributed by atoms with Crippen LogP contribution in [0.5, 0.6) is 0 Å². The van der Waals surface area contributed by atoms with Gasteiger partial charge in [-0.15, -0.1) is 11.3 Å². The van der Waals surface area contributed by atoms with E-state index >= 15 is 0 Å². The standard InChI is InChI=1S/C15H21N3O2S2/c1-12-15(21-13(2)17-12)22(19,20)18(10-6-9-16)11-14-7-4-3-5-8-14/h3-5,7-8H,6,9-11,16H2,1-2H3. The van der Waals surface area contributed by atoms with Gasteiger partial charge in [0.15, 0.2) is 4.21 Å². The lowest BCUT2D eigenvalue weighted by atomic mass is 10.2. The van der Waals surface area contributed by atoms with E-state index in [0.717, 1.165) is 10.6 Å². The first-order chi connectivity index (χ1) is 10.4. The van der Waals surface area contributed by atoms with Crippen LogP contribution in [0, 0.1) is 13.8 Å². The molecule has 1 aromatic carbocycles. The molecule has 0 bridgehead atoms. The Kier molecular flexibility index (Phi) is 5.69. The second-order valence-electron chi connectivity index (χ2n) is 5.07. The van der Waals surface area contributed by atoms with E-state index in [1.54, 1.807) is 6.92 Å². The summed E-state index contributed by atoms with van der Waals surface area (Å²) in [6.07, 6.45) is 0.628. The third-order valence-corrected chi connectivity index (χ3v) is 6.75. The maximum Gasteiger partial charge on any atom is 0.254 e. The summed E-state index contributed by atoms with van der Waals surface area (Å²) in [6.45, 7) is 4.77. The second-order valence-corrected chi connectivity index (χ2v) is 8.41. The van der Waals surface area contributed by atoms with Gasteiger partial charge in [0.25, 0.3) is 10.0 Å². The number of rotatable bonds is 7. The molecule has 1 aromatic heterocycles. The first-order valence-electron chi connectivity index (χ1n) is 7.13. The van der Waals surface area contributed by atoms with Crippen molar-refractivity contribution in [2.75, 3.05) is 13.1 Å². The first-order valence-corrected chi connectivity index (χ1v) is 9.39. The Morgan fingerprint density at radius 1 is 1.23 bits per heavy atom. The molecule has 0 aliphatic carbocycles. The third kappa shape index (κ3) is 3.92. The molecule has 22 heavy (non-hydrogen) atoms. The van der Waals surface area contributed by atoms with Crippen LogP contribution in [-0.4, -0.2) is 30.8 Å². The van der Waals surface area contributed by atoms with Crippen LogP contribution in [-0.2, 0) is 16.6 Å². The van der Waals surface area contributed by atoms with Crippen LogP contribution < -0.4 is 5.73 Å². The van der Waals surface area contributed by atoms with Crippen LogP contribution in [0.4, 0.5) is 0 Å². The Hall–Kier alpha value is -1.28. The van der Waals surface area contributed by atoms with E-state index in [1.807, 2.05) is 37.3 Å². The van der Waals surface area contributed by atoms with E-state index < -0.39 is 10.0 Å². The highest BCUT2D eigenvalue weighted by Gasteiger charge is 2.28. The van der Waals surface area contributed by atoms with Gasteiger partial charge >= 0.3 is 0 Å². The predicted octanol–water partition coefficient (Wildman–Crippen LogP) is 2.30. The lowest BCUT2D eigenvalue weighted by Gasteiger charge is -2.21. The van der Waals surface area contributed by atoms with Gasteiger partial charge < -0.3 is 5.73 Å². The van der Waals surface area contributed by atoms with Crippen LogP contribution in [0.3, 0.4) is 0 Å². The van der Waals surface area contributed by atoms with Gasteiger partial charge in [-0.1, -0.05) is 30.3 Å². The quantitative estimate of drug-likeness (QED) is 0.840. The Morgan fingerprint density at radius 2 is 1.91 bits per heavy atom. The van der Waals surface area contributed by atoms with Crippen LogP contribution in [0.15, 0.2) is 34.5 Å². The monoisotopic (exact) mass is 339 g/mol. The van der Waals surface area contributed by atoms with E-state index in [2.05, 4.69) is 4.98 Å². The van der Waals surface area contributed by atoms with Gasteiger partial charge in [0, 0.05) is 13.1 Å². The van der Waals surface area contributed by atoms with Gasteiger partial charge in [0.05, 0.1) is 10.7 Å². The number of aromatic nitrogens is 1. The Bertz CT molecular complexity index is 712. The molecular weight excluding hydrogens is 318 g/mol. The maximum atomic E-state index is 12.9. The number of nitrogens with zero attached hydrogens (tertiary/aromatic N) is 2. The largest absolute Gasteiger partial charge is 0.330 e. The SMILES string of the molecule is Cc1nc(C)c(S(=O)(=O)N(CCCN)Cc2ccccc2)s1. The zero-order valence-corrected chi connectivity index (χ0v) is 14.5. The second kappa shape index (κ2) is 7.32. The average Bonchev–Trinajstić information content (AvgIpc) is 2.84. The molecule has 0 spiro atoms. The van der Waals surface area contributed by atoms with Crippen molar-refractivity contribution < 1.29 is 8.42 Å². The minimum Gasteiger partial charge on any atom is -0.330 e. The molecule has 0 amide bonds. The fourth-order valence-electron chi connectivity index (χ4n) is 2.21. The summed E-state index contributed by atoms with van der Waals surface area (Å²) in [6, 6.07) is 9.58. The zero-order valence-electron chi connectivity index (χ0n) is 12.8. The molecule has 0 aliphatic rings. The van der Waals surface area contributed by atoms with Gasteiger partial charge in [-0.2, -0.15) is 4.31 Å². The summed E-state index contributed by atoms with van der Waals surface area (Å²) in [5, 5.41) is 0.759. The van der Waals surface area contributed by atoms with Crippen molar-refractivity contribution >= 4 is 21.4 Å². The Balaban J connectivity index is 2.33. The van der Waals surface area contributed by atoms with Crippen LogP contribution >= 0.6 is 11.3 Å². The third-order valence-electron chi connectivity index (χ3n) is 3.25. The molecule has 0 unspecified atom stereocenters. The van der Waals surface area contributed by atoms with Gasteiger partial charge in [0.2, 0.25) is 0 Å². The highest BCUT2D eigenvalue weighted by molar-refractivity contribution is 7.91.